The second kappa shape index (κ2) is 6.03. The molecule has 1 saturated carbocycles. The smallest absolute Gasteiger partial charge is 0.0459 e. The molecule has 0 unspecified atom stereocenters. The Morgan fingerprint density at radius 2 is 2.15 bits per heavy atom. The van der Waals surface area contributed by atoms with Crippen LogP contribution in [0.25, 0.3) is 0 Å². The quantitative estimate of drug-likeness (QED) is 0.698. The van der Waals surface area contributed by atoms with E-state index >= 15 is 0 Å². The molecule has 1 rings (SSSR count). The second-order valence-corrected chi connectivity index (χ2v) is 3.99. The summed E-state index contributed by atoms with van der Waals surface area (Å²) in [6, 6.07) is 0. The molecule has 2 nitrogen and oxygen atoms in total. The van der Waals surface area contributed by atoms with E-state index in [4.69, 9.17) is 5.11 Å². The standard InChI is InChI=1S/C11H21NO/c1-2-6-12-8-10-4-3-5-11(7-10)9-13/h2,6,10-13H,3-5,7-9H2,1H3/b6-2+/t10-,11+/m1/s1. The van der Waals surface area contributed by atoms with Crippen molar-refractivity contribution in [1.29, 1.82) is 0 Å². The minimum atomic E-state index is 0.375. The predicted molar refractivity (Wildman–Crippen MR) is 55.4 cm³/mol. The monoisotopic (exact) mass is 183 g/mol. The molecule has 0 saturated heterocycles. The number of hydrogen-bond donors (Lipinski definition) is 2. The highest BCUT2D eigenvalue weighted by Crippen LogP contribution is 2.27. The number of aliphatic hydroxyl groups is 1. The van der Waals surface area contributed by atoms with Gasteiger partial charge in [-0.05, 0) is 44.2 Å². The molecule has 2 atom stereocenters. The zero-order chi connectivity index (χ0) is 9.52. The van der Waals surface area contributed by atoms with Crippen LogP contribution in [0.5, 0.6) is 0 Å². The molecule has 0 heterocycles. The summed E-state index contributed by atoms with van der Waals surface area (Å²) in [5.41, 5.74) is 0. The molecular formula is C11H21NO. The van der Waals surface area contributed by atoms with Crippen molar-refractivity contribution in [2.24, 2.45) is 11.8 Å². The van der Waals surface area contributed by atoms with Crippen LogP contribution in [0.3, 0.4) is 0 Å². The number of hydrogen-bond acceptors (Lipinski definition) is 2. The Hall–Kier alpha value is -0.500. The van der Waals surface area contributed by atoms with Gasteiger partial charge in [-0.3, -0.25) is 0 Å². The molecule has 0 aromatic heterocycles. The maximum atomic E-state index is 9.05. The van der Waals surface area contributed by atoms with Crippen LogP contribution in [-0.2, 0) is 0 Å². The third-order valence-electron chi connectivity index (χ3n) is 2.84. The van der Waals surface area contributed by atoms with Crippen LogP contribution >= 0.6 is 0 Å². The van der Waals surface area contributed by atoms with Crippen LogP contribution in [0, 0.1) is 11.8 Å². The second-order valence-electron chi connectivity index (χ2n) is 3.99. The highest BCUT2D eigenvalue weighted by molar-refractivity contribution is 4.79. The highest BCUT2D eigenvalue weighted by Gasteiger charge is 2.20. The molecule has 0 spiro atoms. The first-order valence-corrected chi connectivity index (χ1v) is 5.32. The lowest BCUT2D eigenvalue weighted by Crippen LogP contribution is -2.25. The molecule has 0 radical (unpaired) electrons. The Morgan fingerprint density at radius 3 is 2.85 bits per heavy atom. The van der Waals surface area contributed by atoms with Crippen LogP contribution in [0.4, 0.5) is 0 Å². The van der Waals surface area contributed by atoms with Gasteiger partial charge in [0.15, 0.2) is 0 Å². The summed E-state index contributed by atoms with van der Waals surface area (Å²) < 4.78 is 0. The average molecular weight is 183 g/mol. The summed E-state index contributed by atoms with van der Waals surface area (Å²) in [5, 5.41) is 12.3. The molecular weight excluding hydrogens is 162 g/mol. The van der Waals surface area contributed by atoms with Crippen molar-refractivity contribution in [3.63, 3.8) is 0 Å². The third-order valence-corrected chi connectivity index (χ3v) is 2.84. The molecule has 2 heteroatoms. The molecule has 0 amide bonds. The van der Waals surface area contributed by atoms with E-state index in [0.717, 1.165) is 12.5 Å². The molecule has 0 aromatic rings. The van der Waals surface area contributed by atoms with Crippen molar-refractivity contribution in [2.45, 2.75) is 32.6 Å². The minimum Gasteiger partial charge on any atom is -0.396 e. The first kappa shape index (κ1) is 10.6. The number of nitrogens with one attached hydrogen (secondary N) is 1. The molecule has 1 fully saturated rings. The van der Waals surface area contributed by atoms with E-state index in [1.165, 1.54) is 25.7 Å². The van der Waals surface area contributed by atoms with E-state index in [9.17, 15) is 0 Å². The Balaban J connectivity index is 2.18. The number of rotatable bonds is 4. The van der Waals surface area contributed by atoms with Gasteiger partial charge in [-0.1, -0.05) is 12.5 Å². The zero-order valence-corrected chi connectivity index (χ0v) is 8.50. The lowest BCUT2D eigenvalue weighted by Gasteiger charge is -2.27. The topological polar surface area (TPSA) is 32.3 Å². The third kappa shape index (κ3) is 3.81. The van der Waals surface area contributed by atoms with E-state index < -0.39 is 0 Å². The van der Waals surface area contributed by atoms with Crippen molar-refractivity contribution >= 4 is 0 Å². The van der Waals surface area contributed by atoms with Crippen molar-refractivity contribution < 1.29 is 5.11 Å². The largest absolute Gasteiger partial charge is 0.396 e. The van der Waals surface area contributed by atoms with Crippen LogP contribution in [0.1, 0.15) is 32.6 Å². The van der Waals surface area contributed by atoms with Gasteiger partial charge < -0.3 is 10.4 Å². The average Bonchev–Trinajstić information content (AvgIpc) is 2.19. The zero-order valence-electron chi connectivity index (χ0n) is 8.50. The van der Waals surface area contributed by atoms with E-state index in [2.05, 4.69) is 5.32 Å². The van der Waals surface area contributed by atoms with Gasteiger partial charge in [0.1, 0.15) is 0 Å². The van der Waals surface area contributed by atoms with Crippen LogP contribution in [0.15, 0.2) is 12.3 Å². The lowest BCUT2D eigenvalue weighted by atomic mass is 9.82. The molecule has 13 heavy (non-hydrogen) atoms. The summed E-state index contributed by atoms with van der Waals surface area (Å²) in [5.74, 6) is 1.33. The van der Waals surface area contributed by atoms with Crippen LogP contribution in [0.2, 0.25) is 0 Å². The number of aliphatic hydroxyl groups excluding tert-OH is 1. The summed E-state index contributed by atoms with van der Waals surface area (Å²) in [4.78, 5) is 0. The lowest BCUT2D eigenvalue weighted by molar-refractivity contribution is 0.161. The van der Waals surface area contributed by atoms with Gasteiger partial charge in [-0.2, -0.15) is 0 Å². The van der Waals surface area contributed by atoms with Gasteiger partial charge in [0.05, 0.1) is 0 Å². The Morgan fingerprint density at radius 1 is 1.38 bits per heavy atom. The van der Waals surface area contributed by atoms with Crippen LogP contribution in [-0.4, -0.2) is 18.3 Å². The molecule has 0 aromatic carbocycles. The van der Waals surface area contributed by atoms with Gasteiger partial charge >= 0.3 is 0 Å². The molecule has 76 valence electrons. The summed E-state index contributed by atoms with van der Waals surface area (Å²) in [7, 11) is 0. The summed E-state index contributed by atoms with van der Waals surface area (Å²) >= 11 is 0. The molecule has 0 bridgehead atoms. The number of allylic oxidation sites excluding steroid dienone is 1. The van der Waals surface area contributed by atoms with E-state index in [0.29, 0.717) is 12.5 Å². The SMILES string of the molecule is C/C=C/NC[C@@H]1CCC[C@H](CO)C1. The summed E-state index contributed by atoms with van der Waals surface area (Å²) in [6.45, 7) is 3.46. The van der Waals surface area contributed by atoms with Crippen molar-refractivity contribution in [2.75, 3.05) is 13.2 Å². The van der Waals surface area contributed by atoms with E-state index in [1.54, 1.807) is 0 Å². The fraction of sp³-hybridized carbons (Fsp3) is 0.818. The fourth-order valence-corrected chi connectivity index (χ4v) is 2.11. The maximum Gasteiger partial charge on any atom is 0.0459 e. The first-order valence-electron chi connectivity index (χ1n) is 5.32. The van der Waals surface area contributed by atoms with Gasteiger partial charge in [-0.15, -0.1) is 0 Å². The van der Waals surface area contributed by atoms with Crippen molar-refractivity contribution in [3.8, 4) is 0 Å². The van der Waals surface area contributed by atoms with Gasteiger partial charge in [0.2, 0.25) is 0 Å². The van der Waals surface area contributed by atoms with E-state index in [-0.39, 0.29) is 0 Å². The minimum absolute atomic E-state index is 0.375. The highest BCUT2D eigenvalue weighted by atomic mass is 16.3. The van der Waals surface area contributed by atoms with Crippen LogP contribution < -0.4 is 5.32 Å². The molecule has 0 aliphatic heterocycles. The summed E-state index contributed by atoms with van der Waals surface area (Å²) in [6.07, 6.45) is 9.04. The van der Waals surface area contributed by atoms with E-state index in [1.807, 2.05) is 19.2 Å². The van der Waals surface area contributed by atoms with Gasteiger partial charge in [-0.25, -0.2) is 0 Å². The van der Waals surface area contributed by atoms with Gasteiger partial charge in [0.25, 0.3) is 0 Å². The van der Waals surface area contributed by atoms with Crippen molar-refractivity contribution in [3.05, 3.63) is 12.3 Å². The first-order chi connectivity index (χ1) is 6.36. The molecule has 1 aliphatic rings. The Bertz CT molecular complexity index is 156. The Kier molecular flexibility index (Phi) is 4.91. The maximum absolute atomic E-state index is 9.05. The molecule has 2 N–H and O–H groups in total. The van der Waals surface area contributed by atoms with Gasteiger partial charge in [0, 0.05) is 13.2 Å². The predicted octanol–water partition coefficient (Wildman–Crippen LogP) is 1.91. The Labute approximate surface area is 81.0 Å². The fourth-order valence-electron chi connectivity index (χ4n) is 2.11. The normalized spacial score (nSPS) is 29.4. The molecule has 1 aliphatic carbocycles. The van der Waals surface area contributed by atoms with Crippen molar-refractivity contribution in [1.82, 2.24) is 5.32 Å².